The highest BCUT2D eigenvalue weighted by Gasteiger charge is 2.17. The molecular weight excluding hydrogens is 315 g/mol. The molecule has 4 N–H and O–H groups in total. The SMILES string of the molecule is O=C(CC1CNCCN1)NC(=O)Nc1ccc(Cl)c(Cl)c1. The molecule has 3 amide bonds. The van der Waals surface area contributed by atoms with Gasteiger partial charge in [0.15, 0.2) is 0 Å². The van der Waals surface area contributed by atoms with Crippen molar-refractivity contribution in [2.24, 2.45) is 0 Å². The molecule has 1 heterocycles. The molecule has 21 heavy (non-hydrogen) atoms. The third-order valence-electron chi connectivity index (χ3n) is 2.99. The van der Waals surface area contributed by atoms with Crippen LogP contribution in [0.2, 0.25) is 10.0 Å². The van der Waals surface area contributed by atoms with Crippen LogP contribution in [0.1, 0.15) is 6.42 Å². The minimum Gasteiger partial charge on any atom is -0.314 e. The Kier molecular flexibility index (Phi) is 5.81. The number of piperazine rings is 1. The number of hydrogen-bond donors (Lipinski definition) is 4. The van der Waals surface area contributed by atoms with Gasteiger partial charge in [0.2, 0.25) is 5.91 Å². The summed E-state index contributed by atoms with van der Waals surface area (Å²) < 4.78 is 0. The molecule has 0 saturated carbocycles. The molecule has 0 bridgehead atoms. The predicted octanol–water partition coefficient (Wildman–Crippen LogP) is 1.59. The van der Waals surface area contributed by atoms with Crippen molar-refractivity contribution in [2.45, 2.75) is 12.5 Å². The average molecular weight is 331 g/mol. The van der Waals surface area contributed by atoms with Crippen LogP contribution in [-0.4, -0.2) is 37.6 Å². The molecule has 1 aromatic carbocycles. The number of benzene rings is 1. The number of anilines is 1. The maximum absolute atomic E-state index is 11.7. The van der Waals surface area contributed by atoms with E-state index in [-0.39, 0.29) is 18.4 Å². The third-order valence-corrected chi connectivity index (χ3v) is 3.73. The van der Waals surface area contributed by atoms with Crippen molar-refractivity contribution in [1.82, 2.24) is 16.0 Å². The van der Waals surface area contributed by atoms with Gasteiger partial charge in [0.05, 0.1) is 10.0 Å². The van der Waals surface area contributed by atoms with Gasteiger partial charge in [-0.15, -0.1) is 0 Å². The van der Waals surface area contributed by atoms with E-state index in [0.717, 1.165) is 13.1 Å². The van der Waals surface area contributed by atoms with Gasteiger partial charge in [0, 0.05) is 37.8 Å². The highest BCUT2D eigenvalue weighted by molar-refractivity contribution is 6.42. The normalized spacial score (nSPS) is 18.1. The van der Waals surface area contributed by atoms with Crippen LogP contribution in [0.25, 0.3) is 0 Å². The molecule has 0 aliphatic carbocycles. The fraction of sp³-hybridized carbons (Fsp3) is 0.385. The quantitative estimate of drug-likeness (QED) is 0.678. The molecule has 1 fully saturated rings. The van der Waals surface area contributed by atoms with Crippen molar-refractivity contribution in [3.05, 3.63) is 28.2 Å². The summed E-state index contributed by atoms with van der Waals surface area (Å²) in [4.78, 5) is 23.5. The van der Waals surface area contributed by atoms with Crippen LogP contribution in [0, 0.1) is 0 Å². The second-order valence-electron chi connectivity index (χ2n) is 4.69. The fourth-order valence-corrected chi connectivity index (χ4v) is 2.29. The molecule has 0 spiro atoms. The van der Waals surface area contributed by atoms with E-state index in [4.69, 9.17) is 23.2 Å². The lowest BCUT2D eigenvalue weighted by molar-refractivity contribution is -0.120. The minimum absolute atomic E-state index is 0.0385. The zero-order valence-corrected chi connectivity index (χ0v) is 12.7. The zero-order chi connectivity index (χ0) is 15.2. The zero-order valence-electron chi connectivity index (χ0n) is 11.2. The molecule has 1 unspecified atom stereocenters. The van der Waals surface area contributed by atoms with E-state index in [2.05, 4.69) is 21.3 Å². The molecule has 1 saturated heterocycles. The summed E-state index contributed by atoms with van der Waals surface area (Å²) >= 11 is 11.6. The number of imide groups is 1. The second-order valence-corrected chi connectivity index (χ2v) is 5.50. The Hall–Kier alpha value is -1.34. The van der Waals surface area contributed by atoms with E-state index < -0.39 is 6.03 Å². The van der Waals surface area contributed by atoms with Gasteiger partial charge in [-0.2, -0.15) is 0 Å². The Morgan fingerprint density at radius 1 is 1.24 bits per heavy atom. The van der Waals surface area contributed by atoms with Crippen molar-refractivity contribution < 1.29 is 9.59 Å². The summed E-state index contributed by atoms with van der Waals surface area (Å²) in [5.41, 5.74) is 0.465. The topological polar surface area (TPSA) is 82.3 Å². The number of rotatable bonds is 3. The van der Waals surface area contributed by atoms with E-state index in [0.29, 0.717) is 22.3 Å². The summed E-state index contributed by atoms with van der Waals surface area (Å²) in [5.74, 6) is -0.339. The number of nitrogens with one attached hydrogen (secondary N) is 4. The van der Waals surface area contributed by atoms with Gasteiger partial charge in [-0.05, 0) is 18.2 Å². The Balaban J connectivity index is 1.80. The van der Waals surface area contributed by atoms with Gasteiger partial charge >= 0.3 is 6.03 Å². The summed E-state index contributed by atoms with van der Waals surface area (Å²) in [6.07, 6.45) is 0.238. The van der Waals surface area contributed by atoms with E-state index in [1.807, 2.05) is 0 Å². The van der Waals surface area contributed by atoms with E-state index in [9.17, 15) is 9.59 Å². The first-order valence-corrected chi connectivity index (χ1v) is 7.30. The van der Waals surface area contributed by atoms with E-state index in [1.54, 1.807) is 12.1 Å². The van der Waals surface area contributed by atoms with Gasteiger partial charge in [-0.3, -0.25) is 10.1 Å². The van der Waals surface area contributed by atoms with E-state index >= 15 is 0 Å². The molecule has 1 aliphatic rings. The summed E-state index contributed by atoms with van der Waals surface area (Å²) in [7, 11) is 0. The van der Waals surface area contributed by atoms with Crippen LogP contribution in [0.4, 0.5) is 10.5 Å². The Morgan fingerprint density at radius 2 is 2.05 bits per heavy atom. The summed E-state index contributed by atoms with van der Waals surface area (Å²) in [5, 5.41) is 11.9. The van der Waals surface area contributed by atoms with Crippen LogP contribution in [0.5, 0.6) is 0 Å². The summed E-state index contributed by atoms with van der Waals surface area (Å²) in [6, 6.07) is 4.13. The molecule has 1 aromatic rings. The Labute approximate surface area is 132 Å². The lowest BCUT2D eigenvalue weighted by Gasteiger charge is -2.23. The molecule has 0 radical (unpaired) electrons. The van der Waals surface area contributed by atoms with Gasteiger partial charge in [-0.1, -0.05) is 23.2 Å². The van der Waals surface area contributed by atoms with Crippen molar-refractivity contribution in [1.29, 1.82) is 0 Å². The highest BCUT2D eigenvalue weighted by Crippen LogP contribution is 2.24. The van der Waals surface area contributed by atoms with Crippen LogP contribution in [-0.2, 0) is 4.79 Å². The first kappa shape index (κ1) is 16.0. The molecule has 1 atom stereocenters. The number of hydrogen-bond acceptors (Lipinski definition) is 4. The molecule has 0 aromatic heterocycles. The van der Waals surface area contributed by atoms with Crippen LogP contribution >= 0.6 is 23.2 Å². The fourth-order valence-electron chi connectivity index (χ4n) is 2.00. The van der Waals surface area contributed by atoms with Crippen molar-refractivity contribution in [3.8, 4) is 0 Å². The molecule has 2 rings (SSSR count). The molecule has 8 heteroatoms. The largest absolute Gasteiger partial charge is 0.325 e. The molecular formula is C13H16Cl2N4O2. The van der Waals surface area contributed by atoms with Crippen molar-refractivity contribution in [3.63, 3.8) is 0 Å². The Morgan fingerprint density at radius 3 is 2.71 bits per heavy atom. The molecule has 114 valence electrons. The maximum Gasteiger partial charge on any atom is 0.325 e. The summed E-state index contributed by atoms with van der Waals surface area (Å²) in [6.45, 7) is 2.41. The first-order valence-electron chi connectivity index (χ1n) is 6.54. The van der Waals surface area contributed by atoms with Crippen molar-refractivity contribution >= 4 is 40.8 Å². The van der Waals surface area contributed by atoms with Crippen LogP contribution in [0.15, 0.2) is 18.2 Å². The van der Waals surface area contributed by atoms with Gasteiger partial charge in [0.1, 0.15) is 0 Å². The van der Waals surface area contributed by atoms with E-state index in [1.165, 1.54) is 6.07 Å². The van der Waals surface area contributed by atoms with Crippen molar-refractivity contribution in [2.75, 3.05) is 25.0 Å². The van der Waals surface area contributed by atoms with Crippen LogP contribution < -0.4 is 21.3 Å². The lowest BCUT2D eigenvalue weighted by Crippen LogP contribution is -2.50. The van der Waals surface area contributed by atoms with Gasteiger partial charge < -0.3 is 16.0 Å². The standard InChI is InChI=1S/C13H16Cl2N4O2/c14-10-2-1-8(5-11(10)15)18-13(21)19-12(20)6-9-7-16-3-4-17-9/h1-2,5,9,16-17H,3-4,6-7H2,(H2,18,19,20,21). The van der Waals surface area contributed by atoms with Crippen LogP contribution in [0.3, 0.4) is 0 Å². The second kappa shape index (κ2) is 7.61. The molecule has 6 nitrogen and oxygen atoms in total. The number of urea groups is 1. The number of amides is 3. The number of carbonyl (C=O) groups is 2. The van der Waals surface area contributed by atoms with Gasteiger partial charge in [-0.25, -0.2) is 4.79 Å². The number of halogens is 2. The maximum atomic E-state index is 11.7. The average Bonchev–Trinajstić information content (AvgIpc) is 2.43. The lowest BCUT2D eigenvalue weighted by atomic mass is 10.1. The molecule has 1 aliphatic heterocycles. The highest BCUT2D eigenvalue weighted by atomic mass is 35.5. The minimum atomic E-state index is -0.595. The predicted molar refractivity (Wildman–Crippen MR) is 82.9 cm³/mol. The first-order chi connectivity index (χ1) is 10.0. The Bertz CT molecular complexity index is 533. The monoisotopic (exact) mass is 330 g/mol. The number of carbonyl (C=O) groups excluding carboxylic acids is 2. The third kappa shape index (κ3) is 5.17. The van der Waals surface area contributed by atoms with Gasteiger partial charge in [0.25, 0.3) is 0 Å². The smallest absolute Gasteiger partial charge is 0.314 e.